The van der Waals surface area contributed by atoms with Crippen LogP contribution < -0.4 is 19.7 Å². The second kappa shape index (κ2) is 9.90. The summed E-state index contributed by atoms with van der Waals surface area (Å²) in [6.07, 6.45) is 3.24. The third kappa shape index (κ3) is 5.29. The van der Waals surface area contributed by atoms with Gasteiger partial charge in [0.05, 0.1) is 19.8 Å². The van der Waals surface area contributed by atoms with E-state index in [1.165, 1.54) is 0 Å². The van der Waals surface area contributed by atoms with Crippen LogP contribution in [-0.4, -0.2) is 48.8 Å². The Balaban J connectivity index is 1.41. The van der Waals surface area contributed by atoms with E-state index in [-0.39, 0.29) is 5.91 Å². The Kier molecular flexibility index (Phi) is 6.59. The number of hydrogen-bond donors (Lipinski definition) is 1. The van der Waals surface area contributed by atoms with Crippen molar-refractivity contribution < 1.29 is 19.0 Å². The molecule has 1 fully saturated rings. The standard InChI is InChI=1S/C23H24N4O4/c1-2-30-19-9-5-18(6-10-19)26-22(28)17-3-7-20(8-4-17)31-23-21(24-11-12-25-23)27-13-15-29-16-14-27/h3-12H,2,13-16H2,1H3,(H,26,28). The number of rotatable bonds is 7. The average Bonchev–Trinajstić information content (AvgIpc) is 2.82. The van der Waals surface area contributed by atoms with Crippen molar-refractivity contribution in [1.29, 1.82) is 0 Å². The van der Waals surface area contributed by atoms with E-state index in [0.717, 1.165) is 18.8 Å². The van der Waals surface area contributed by atoms with Gasteiger partial charge in [-0.2, -0.15) is 0 Å². The molecular weight excluding hydrogens is 396 g/mol. The molecule has 160 valence electrons. The average molecular weight is 420 g/mol. The molecule has 1 N–H and O–H groups in total. The van der Waals surface area contributed by atoms with Crippen molar-refractivity contribution in [3.05, 3.63) is 66.5 Å². The minimum atomic E-state index is -0.204. The van der Waals surface area contributed by atoms with E-state index in [9.17, 15) is 4.79 Å². The molecule has 8 heteroatoms. The zero-order valence-electron chi connectivity index (χ0n) is 17.3. The zero-order chi connectivity index (χ0) is 21.5. The van der Waals surface area contributed by atoms with Gasteiger partial charge < -0.3 is 24.4 Å². The highest BCUT2D eigenvalue weighted by Crippen LogP contribution is 2.28. The lowest BCUT2D eigenvalue weighted by Crippen LogP contribution is -2.37. The quantitative estimate of drug-likeness (QED) is 0.623. The number of benzene rings is 2. The van der Waals surface area contributed by atoms with Crippen LogP contribution in [0.3, 0.4) is 0 Å². The lowest BCUT2D eigenvalue weighted by atomic mass is 10.2. The molecule has 31 heavy (non-hydrogen) atoms. The van der Waals surface area contributed by atoms with Crippen molar-refractivity contribution in [2.45, 2.75) is 6.92 Å². The summed E-state index contributed by atoms with van der Waals surface area (Å²) in [4.78, 5) is 23.4. The van der Waals surface area contributed by atoms with Crippen LogP contribution in [0.1, 0.15) is 17.3 Å². The maximum Gasteiger partial charge on any atom is 0.263 e. The molecule has 0 unspecified atom stereocenters. The van der Waals surface area contributed by atoms with Crippen molar-refractivity contribution in [3.8, 4) is 17.4 Å². The smallest absolute Gasteiger partial charge is 0.263 e. The monoisotopic (exact) mass is 420 g/mol. The van der Waals surface area contributed by atoms with Crippen LogP contribution >= 0.6 is 0 Å². The third-order valence-corrected chi connectivity index (χ3v) is 4.71. The first-order chi connectivity index (χ1) is 15.2. The first-order valence-corrected chi connectivity index (χ1v) is 10.2. The molecule has 1 saturated heterocycles. The molecule has 0 bridgehead atoms. The molecule has 1 amide bonds. The highest BCUT2D eigenvalue weighted by molar-refractivity contribution is 6.04. The van der Waals surface area contributed by atoms with E-state index in [2.05, 4.69) is 20.2 Å². The Morgan fingerprint density at radius 3 is 2.39 bits per heavy atom. The summed E-state index contributed by atoms with van der Waals surface area (Å²) in [5.41, 5.74) is 1.22. The summed E-state index contributed by atoms with van der Waals surface area (Å²) in [5, 5.41) is 2.87. The van der Waals surface area contributed by atoms with Gasteiger partial charge in [-0.15, -0.1) is 0 Å². The molecule has 0 aliphatic carbocycles. The van der Waals surface area contributed by atoms with E-state index >= 15 is 0 Å². The number of hydrogen-bond acceptors (Lipinski definition) is 7. The summed E-state index contributed by atoms with van der Waals surface area (Å²) < 4.78 is 16.8. The minimum Gasteiger partial charge on any atom is -0.494 e. The number of carbonyl (C=O) groups excluding carboxylic acids is 1. The predicted octanol–water partition coefficient (Wildman–Crippen LogP) is 3.76. The Morgan fingerprint density at radius 1 is 1.00 bits per heavy atom. The molecule has 1 aliphatic heterocycles. The lowest BCUT2D eigenvalue weighted by Gasteiger charge is -2.28. The number of aromatic nitrogens is 2. The number of carbonyl (C=O) groups is 1. The van der Waals surface area contributed by atoms with E-state index in [1.54, 1.807) is 36.7 Å². The van der Waals surface area contributed by atoms with Gasteiger partial charge >= 0.3 is 0 Å². The fourth-order valence-corrected chi connectivity index (χ4v) is 3.17. The van der Waals surface area contributed by atoms with Crippen LogP contribution in [-0.2, 0) is 4.74 Å². The molecule has 2 heterocycles. The van der Waals surface area contributed by atoms with Gasteiger partial charge in [0.25, 0.3) is 11.8 Å². The Bertz CT molecular complexity index is 1000. The Labute approximate surface area is 180 Å². The van der Waals surface area contributed by atoms with Gasteiger partial charge in [0.1, 0.15) is 11.5 Å². The highest BCUT2D eigenvalue weighted by atomic mass is 16.5. The van der Waals surface area contributed by atoms with Gasteiger partial charge in [-0.1, -0.05) is 0 Å². The summed E-state index contributed by atoms with van der Waals surface area (Å²) in [6, 6.07) is 14.2. The summed E-state index contributed by atoms with van der Waals surface area (Å²) in [6.45, 7) is 5.29. The SMILES string of the molecule is CCOc1ccc(NC(=O)c2ccc(Oc3nccnc3N3CCOCC3)cc2)cc1. The van der Waals surface area contributed by atoms with Crippen LogP contribution in [0.2, 0.25) is 0 Å². The molecule has 0 spiro atoms. The van der Waals surface area contributed by atoms with Gasteiger partial charge in [-0.25, -0.2) is 9.97 Å². The third-order valence-electron chi connectivity index (χ3n) is 4.71. The van der Waals surface area contributed by atoms with Crippen LogP contribution in [0.4, 0.5) is 11.5 Å². The van der Waals surface area contributed by atoms with Crippen molar-refractivity contribution in [2.75, 3.05) is 43.1 Å². The van der Waals surface area contributed by atoms with E-state index in [4.69, 9.17) is 14.2 Å². The number of ether oxygens (including phenoxy) is 3. The number of anilines is 2. The molecule has 4 rings (SSSR count). The number of nitrogens with one attached hydrogen (secondary N) is 1. The van der Waals surface area contributed by atoms with Crippen LogP contribution in [0.15, 0.2) is 60.9 Å². The molecule has 1 aliphatic rings. The molecule has 3 aromatic rings. The lowest BCUT2D eigenvalue weighted by molar-refractivity contribution is 0.102. The fourth-order valence-electron chi connectivity index (χ4n) is 3.17. The number of morpholine rings is 1. The van der Waals surface area contributed by atoms with Crippen LogP contribution in [0.5, 0.6) is 17.4 Å². The molecule has 0 radical (unpaired) electrons. The summed E-state index contributed by atoms with van der Waals surface area (Å²) >= 11 is 0. The van der Waals surface area contributed by atoms with Crippen molar-refractivity contribution in [1.82, 2.24) is 9.97 Å². The second-order valence-electron chi connectivity index (χ2n) is 6.82. The summed E-state index contributed by atoms with van der Waals surface area (Å²) in [7, 11) is 0. The Morgan fingerprint density at radius 2 is 1.68 bits per heavy atom. The normalized spacial score (nSPS) is 13.5. The minimum absolute atomic E-state index is 0.204. The van der Waals surface area contributed by atoms with Gasteiger partial charge in [0.15, 0.2) is 5.82 Å². The largest absolute Gasteiger partial charge is 0.494 e. The molecule has 8 nitrogen and oxygen atoms in total. The van der Waals surface area contributed by atoms with E-state index in [0.29, 0.717) is 48.5 Å². The van der Waals surface area contributed by atoms with Crippen LogP contribution in [0, 0.1) is 0 Å². The van der Waals surface area contributed by atoms with E-state index in [1.807, 2.05) is 31.2 Å². The predicted molar refractivity (Wildman–Crippen MR) is 117 cm³/mol. The van der Waals surface area contributed by atoms with Gasteiger partial charge in [-0.05, 0) is 55.5 Å². The maximum atomic E-state index is 12.5. The molecular formula is C23H24N4O4. The summed E-state index contributed by atoms with van der Waals surface area (Å²) in [5.74, 6) is 2.25. The van der Waals surface area contributed by atoms with Crippen molar-refractivity contribution in [3.63, 3.8) is 0 Å². The molecule has 2 aromatic carbocycles. The molecule has 0 saturated carbocycles. The molecule has 0 atom stereocenters. The topological polar surface area (TPSA) is 85.8 Å². The first kappa shape index (κ1) is 20.6. The van der Waals surface area contributed by atoms with Gasteiger partial charge in [-0.3, -0.25) is 4.79 Å². The van der Waals surface area contributed by atoms with Gasteiger partial charge in [0.2, 0.25) is 0 Å². The number of amides is 1. The highest BCUT2D eigenvalue weighted by Gasteiger charge is 2.18. The van der Waals surface area contributed by atoms with Gasteiger partial charge in [0, 0.05) is 36.7 Å². The van der Waals surface area contributed by atoms with Crippen molar-refractivity contribution in [2.24, 2.45) is 0 Å². The van der Waals surface area contributed by atoms with E-state index < -0.39 is 0 Å². The fraction of sp³-hybridized carbons (Fsp3) is 0.261. The first-order valence-electron chi connectivity index (χ1n) is 10.2. The Hall–Kier alpha value is -3.65. The van der Waals surface area contributed by atoms with Crippen LogP contribution in [0.25, 0.3) is 0 Å². The number of nitrogens with zero attached hydrogens (tertiary/aromatic N) is 3. The second-order valence-corrected chi connectivity index (χ2v) is 6.82. The zero-order valence-corrected chi connectivity index (χ0v) is 17.3. The molecule has 1 aromatic heterocycles. The van der Waals surface area contributed by atoms with Crippen molar-refractivity contribution >= 4 is 17.4 Å². The maximum absolute atomic E-state index is 12.5.